The highest BCUT2D eigenvalue weighted by atomic mass is 32.2. The molecule has 8 nitrogen and oxygen atoms in total. The summed E-state index contributed by atoms with van der Waals surface area (Å²) in [5.74, 6) is -0.734. The highest BCUT2D eigenvalue weighted by Crippen LogP contribution is 2.33. The van der Waals surface area contributed by atoms with Gasteiger partial charge in [0.1, 0.15) is 11.8 Å². The molecular weight excluding hydrogens is 420 g/mol. The number of carbonyl (C=O) groups excluding carboxylic acids is 2. The molecule has 0 saturated carbocycles. The van der Waals surface area contributed by atoms with Crippen molar-refractivity contribution in [2.45, 2.75) is 33.7 Å². The molecule has 9 heteroatoms. The molecule has 0 bridgehead atoms. The van der Waals surface area contributed by atoms with Crippen LogP contribution in [0.4, 0.5) is 11.4 Å². The van der Waals surface area contributed by atoms with Crippen LogP contribution in [0, 0.1) is 13.8 Å². The zero-order valence-corrected chi connectivity index (χ0v) is 19.4. The Morgan fingerprint density at radius 1 is 1.13 bits per heavy atom. The van der Waals surface area contributed by atoms with Crippen molar-refractivity contribution in [2.24, 2.45) is 0 Å². The Labute approximate surface area is 183 Å². The molecule has 1 amide bonds. The van der Waals surface area contributed by atoms with Crippen LogP contribution in [-0.2, 0) is 19.6 Å². The smallest absolute Gasteiger partial charge is 0.338 e. The number of nitrogens with one attached hydrogen (secondary N) is 1. The van der Waals surface area contributed by atoms with Gasteiger partial charge >= 0.3 is 5.97 Å². The lowest BCUT2D eigenvalue weighted by molar-refractivity contribution is -0.116. The Morgan fingerprint density at radius 2 is 1.81 bits per heavy atom. The molecule has 0 heterocycles. The summed E-state index contributed by atoms with van der Waals surface area (Å²) in [4.78, 5) is 25.1. The van der Waals surface area contributed by atoms with E-state index < -0.39 is 27.9 Å². The molecule has 1 N–H and O–H groups in total. The van der Waals surface area contributed by atoms with Crippen molar-refractivity contribution < 1.29 is 27.5 Å². The van der Waals surface area contributed by atoms with E-state index in [-0.39, 0.29) is 17.9 Å². The first kappa shape index (κ1) is 24.2. The molecule has 0 saturated heterocycles. The van der Waals surface area contributed by atoms with Gasteiger partial charge in [0.15, 0.2) is 0 Å². The monoisotopic (exact) mass is 448 g/mol. The highest BCUT2D eigenvalue weighted by molar-refractivity contribution is 7.92. The summed E-state index contributed by atoms with van der Waals surface area (Å²) >= 11 is 0. The maximum Gasteiger partial charge on any atom is 0.338 e. The lowest BCUT2D eigenvalue weighted by Crippen LogP contribution is -2.45. The number of amides is 1. The summed E-state index contributed by atoms with van der Waals surface area (Å²) in [6.07, 6.45) is 1.03. The molecule has 0 spiro atoms. The van der Waals surface area contributed by atoms with Gasteiger partial charge < -0.3 is 14.8 Å². The molecule has 31 heavy (non-hydrogen) atoms. The summed E-state index contributed by atoms with van der Waals surface area (Å²) in [6, 6.07) is 8.80. The minimum absolute atomic E-state index is 0.229. The third-order valence-electron chi connectivity index (χ3n) is 4.67. The fraction of sp³-hybridized carbons (Fsp3) is 0.364. The minimum atomic E-state index is -3.82. The zero-order valence-electron chi connectivity index (χ0n) is 18.6. The maximum atomic E-state index is 13.0. The van der Waals surface area contributed by atoms with Gasteiger partial charge in [0, 0.05) is 5.69 Å². The van der Waals surface area contributed by atoms with E-state index in [2.05, 4.69) is 5.32 Å². The molecule has 0 aliphatic rings. The van der Waals surface area contributed by atoms with E-state index in [1.807, 2.05) is 6.92 Å². The van der Waals surface area contributed by atoms with Gasteiger partial charge in [-0.3, -0.25) is 9.10 Å². The largest absolute Gasteiger partial charge is 0.495 e. The van der Waals surface area contributed by atoms with Gasteiger partial charge in [-0.1, -0.05) is 12.1 Å². The SMILES string of the molecule is CCOC(=O)c1ccc(C)c(NC(=O)[C@@H](C)N(c2cc(C)ccc2OC)S(C)(=O)=O)c1. The number of ether oxygens (including phenoxy) is 2. The molecule has 0 aliphatic carbocycles. The molecule has 0 aliphatic heterocycles. The lowest BCUT2D eigenvalue weighted by Gasteiger charge is -2.29. The number of methoxy groups -OCH3 is 1. The number of hydrogen-bond acceptors (Lipinski definition) is 6. The second-order valence-corrected chi connectivity index (χ2v) is 9.01. The number of benzene rings is 2. The van der Waals surface area contributed by atoms with Crippen LogP contribution in [0.3, 0.4) is 0 Å². The summed E-state index contributed by atoms with van der Waals surface area (Å²) in [6.45, 7) is 7.01. The van der Waals surface area contributed by atoms with E-state index in [9.17, 15) is 18.0 Å². The average Bonchev–Trinajstić information content (AvgIpc) is 2.69. The Hall–Kier alpha value is -3.07. The molecule has 0 aromatic heterocycles. The van der Waals surface area contributed by atoms with Gasteiger partial charge in [0.05, 0.1) is 31.2 Å². The average molecular weight is 449 g/mol. The summed E-state index contributed by atoms with van der Waals surface area (Å²) in [7, 11) is -2.39. The van der Waals surface area contributed by atoms with E-state index >= 15 is 0 Å². The van der Waals surface area contributed by atoms with Crippen LogP contribution >= 0.6 is 0 Å². The molecule has 168 valence electrons. The number of hydrogen-bond donors (Lipinski definition) is 1. The van der Waals surface area contributed by atoms with E-state index in [1.54, 1.807) is 44.2 Å². The van der Waals surface area contributed by atoms with Gasteiger partial charge in [-0.05, 0) is 63.1 Å². The standard InChI is InChI=1S/C22H28N2O6S/c1-7-30-22(26)17-10-9-15(3)18(13-17)23-21(25)16(4)24(31(6,27)28)19-12-14(2)8-11-20(19)29-5/h8-13,16H,7H2,1-6H3,(H,23,25)/t16-/m1/s1. The van der Waals surface area contributed by atoms with Gasteiger partial charge in [0.25, 0.3) is 0 Å². The predicted octanol–water partition coefficient (Wildman–Crippen LogP) is 3.28. The van der Waals surface area contributed by atoms with E-state index in [1.165, 1.54) is 20.1 Å². The van der Waals surface area contributed by atoms with Gasteiger partial charge in [-0.2, -0.15) is 0 Å². The Kier molecular flexibility index (Phi) is 7.67. The highest BCUT2D eigenvalue weighted by Gasteiger charge is 2.31. The van der Waals surface area contributed by atoms with E-state index in [4.69, 9.17) is 9.47 Å². The maximum absolute atomic E-state index is 13.0. The second kappa shape index (κ2) is 9.82. The first-order valence-electron chi connectivity index (χ1n) is 9.72. The fourth-order valence-electron chi connectivity index (χ4n) is 3.09. The van der Waals surface area contributed by atoms with Gasteiger partial charge in [-0.25, -0.2) is 13.2 Å². The van der Waals surface area contributed by atoms with Crippen molar-refractivity contribution in [1.82, 2.24) is 0 Å². The van der Waals surface area contributed by atoms with Crippen LogP contribution in [-0.4, -0.2) is 46.3 Å². The first-order chi connectivity index (χ1) is 14.5. The quantitative estimate of drug-likeness (QED) is 0.622. The number of anilines is 2. The molecule has 0 fully saturated rings. The molecule has 0 radical (unpaired) electrons. The van der Waals surface area contributed by atoms with Crippen LogP contribution < -0.4 is 14.4 Å². The molecule has 2 aromatic carbocycles. The van der Waals surface area contributed by atoms with Crippen molar-refractivity contribution in [1.29, 1.82) is 0 Å². The number of sulfonamides is 1. The molecular formula is C22H28N2O6S. The summed E-state index contributed by atoms with van der Waals surface area (Å²) < 4.78 is 36.6. The zero-order chi connectivity index (χ0) is 23.3. The van der Waals surface area contributed by atoms with E-state index in [0.717, 1.165) is 16.1 Å². The Morgan fingerprint density at radius 3 is 2.39 bits per heavy atom. The number of nitrogens with zero attached hydrogens (tertiary/aromatic N) is 1. The van der Waals surface area contributed by atoms with Crippen molar-refractivity contribution in [3.8, 4) is 5.75 Å². The third kappa shape index (κ3) is 5.75. The van der Waals surface area contributed by atoms with Crippen LogP contribution in [0.15, 0.2) is 36.4 Å². The van der Waals surface area contributed by atoms with Crippen LogP contribution in [0.1, 0.15) is 35.3 Å². The Balaban J connectivity index is 2.41. The fourth-order valence-corrected chi connectivity index (χ4v) is 4.26. The molecule has 1 atom stereocenters. The predicted molar refractivity (Wildman–Crippen MR) is 120 cm³/mol. The first-order valence-corrected chi connectivity index (χ1v) is 11.6. The Bertz CT molecular complexity index is 1080. The second-order valence-electron chi connectivity index (χ2n) is 7.15. The number of rotatable bonds is 8. The molecule has 2 rings (SSSR count). The van der Waals surface area contributed by atoms with Gasteiger partial charge in [-0.15, -0.1) is 0 Å². The molecule has 2 aromatic rings. The van der Waals surface area contributed by atoms with Crippen LogP contribution in [0.25, 0.3) is 0 Å². The van der Waals surface area contributed by atoms with E-state index in [0.29, 0.717) is 17.0 Å². The minimum Gasteiger partial charge on any atom is -0.495 e. The van der Waals surface area contributed by atoms with Crippen molar-refractivity contribution in [3.63, 3.8) is 0 Å². The van der Waals surface area contributed by atoms with Crippen LogP contribution in [0.2, 0.25) is 0 Å². The lowest BCUT2D eigenvalue weighted by atomic mass is 10.1. The topological polar surface area (TPSA) is 102 Å². The number of carbonyl (C=O) groups is 2. The molecule has 0 unspecified atom stereocenters. The summed E-state index contributed by atoms with van der Waals surface area (Å²) in [5, 5.41) is 2.73. The number of aryl methyl sites for hydroxylation is 2. The normalized spacial score (nSPS) is 12.1. The third-order valence-corrected chi connectivity index (χ3v) is 5.89. The van der Waals surface area contributed by atoms with Crippen LogP contribution in [0.5, 0.6) is 5.75 Å². The van der Waals surface area contributed by atoms with Gasteiger partial charge in [0.2, 0.25) is 15.9 Å². The van der Waals surface area contributed by atoms with Crippen molar-refractivity contribution >= 4 is 33.3 Å². The summed E-state index contributed by atoms with van der Waals surface area (Å²) in [5.41, 5.74) is 2.48. The number of esters is 1. The van der Waals surface area contributed by atoms with Crippen molar-refractivity contribution in [3.05, 3.63) is 53.1 Å². The van der Waals surface area contributed by atoms with Crippen molar-refractivity contribution in [2.75, 3.05) is 29.6 Å².